The molecule has 0 fully saturated rings. The summed E-state index contributed by atoms with van der Waals surface area (Å²) < 4.78 is 34.2. The van der Waals surface area contributed by atoms with Gasteiger partial charge in [0.15, 0.2) is 5.58 Å². The van der Waals surface area contributed by atoms with Gasteiger partial charge >= 0.3 is 5.76 Å². The second-order valence-corrected chi connectivity index (χ2v) is 7.89. The molecular formula is C15H13ClN2O4S2. The number of anilines is 1. The number of nitrogens with one attached hydrogen (secondary N) is 1. The lowest BCUT2D eigenvalue weighted by Gasteiger charge is -2.12. The molecule has 0 radical (unpaired) electrons. The van der Waals surface area contributed by atoms with Gasteiger partial charge in [-0.15, -0.1) is 11.8 Å². The molecule has 1 aromatic heterocycles. The SMILES string of the molecule is CSc1ccccc1NS(=O)(=O)c1cc2oc(=O)n(C)c2cc1Cl. The van der Waals surface area contributed by atoms with Crippen molar-refractivity contribution in [2.45, 2.75) is 9.79 Å². The third-order valence-electron chi connectivity index (χ3n) is 3.49. The highest BCUT2D eigenvalue weighted by Gasteiger charge is 2.22. The number of para-hydroxylation sites is 1. The number of sulfonamides is 1. The van der Waals surface area contributed by atoms with Crippen LogP contribution in [-0.2, 0) is 17.1 Å². The maximum atomic E-state index is 12.7. The molecule has 2 aromatic carbocycles. The zero-order chi connectivity index (χ0) is 17.5. The van der Waals surface area contributed by atoms with Gasteiger partial charge in [0.2, 0.25) is 0 Å². The Kier molecular flexibility index (Phi) is 4.37. The first-order valence-electron chi connectivity index (χ1n) is 6.78. The summed E-state index contributed by atoms with van der Waals surface area (Å²) in [4.78, 5) is 12.2. The van der Waals surface area contributed by atoms with Crippen molar-refractivity contribution >= 4 is 50.2 Å². The maximum absolute atomic E-state index is 12.7. The van der Waals surface area contributed by atoms with Gasteiger partial charge in [-0.1, -0.05) is 23.7 Å². The molecule has 0 aliphatic rings. The van der Waals surface area contributed by atoms with Gasteiger partial charge in [0.25, 0.3) is 10.0 Å². The van der Waals surface area contributed by atoms with E-state index in [9.17, 15) is 13.2 Å². The molecule has 1 heterocycles. The fourth-order valence-electron chi connectivity index (χ4n) is 2.26. The number of rotatable bonds is 4. The normalized spacial score (nSPS) is 11.8. The molecule has 6 nitrogen and oxygen atoms in total. The Morgan fingerprint density at radius 2 is 1.96 bits per heavy atom. The highest BCUT2D eigenvalue weighted by molar-refractivity contribution is 7.99. The molecule has 24 heavy (non-hydrogen) atoms. The maximum Gasteiger partial charge on any atom is 0.419 e. The molecule has 9 heteroatoms. The number of hydrogen-bond donors (Lipinski definition) is 1. The minimum atomic E-state index is -3.94. The average Bonchev–Trinajstić information content (AvgIpc) is 2.81. The van der Waals surface area contributed by atoms with Crippen LogP contribution in [0, 0.1) is 0 Å². The topological polar surface area (TPSA) is 81.3 Å². The Morgan fingerprint density at radius 3 is 2.67 bits per heavy atom. The molecule has 0 spiro atoms. The summed E-state index contributed by atoms with van der Waals surface area (Å²) in [6, 6.07) is 9.68. The van der Waals surface area contributed by atoms with E-state index in [1.807, 2.05) is 18.4 Å². The number of aromatic nitrogens is 1. The summed E-state index contributed by atoms with van der Waals surface area (Å²) in [7, 11) is -2.42. The van der Waals surface area contributed by atoms with Crippen LogP contribution in [0.4, 0.5) is 5.69 Å². The standard InChI is InChI=1S/C15H13ClN2O4S2/c1-18-11-7-9(16)14(8-12(11)22-15(18)19)24(20,21)17-10-5-3-4-6-13(10)23-2/h3-8,17H,1-2H3. The predicted octanol–water partition coefficient (Wildman–Crippen LogP) is 3.31. The van der Waals surface area contributed by atoms with Crippen molar-refractivity contribution in [3.8, 4) is 0 Å². The first-order valence-corrected chi connectivity index (χ1v) is 9.87. The van der Waals surface area contributed by atoms with Crippen molar-refractivity contribution in [2.24, 2.45) is 7.05 Å². The molecule has 0 saturated heterocycles. The van der Waals surface area contributed by atoms with Crippen molar-refractivity contribution in [2.75, 3.05) is 11.0 Å². The van der Waals surface area contributed by atoms with Crippen LogP contribution in [0.25, 0.3) is 11.1 Å². The lowest BCUT2D eigenvalue weighted by Crippen LogP contribution is -2.14. The van der Waals surface area contributed by atoms with Crippen LogP contribution in [0.2, 0.25) is 5.02 Å². The summed E-state index contributed by atoms with van der Waals surface area (Å²) >= 11 is 7.55. The molecule has 0 aliphatic heterocycles. The van der Waals surface area contributed by atoms with Crippen molar-refractivity contribution < 1.29 is 12.8 Å². The fraction of sp³-hybridized carbons (Fsp3) is 0.133. The highest BCUT2D eigenvalue weighted by Crippen LogP contribution is 2.31. The van der Waals surface area contributed by atoms with E-state index in [0.29, 0.717) is 11.2 Å². The first-order chi connectivity index (χ1) is 11.3. The van der Waals surface area contributed by atoms with E-state index in [2.05, 4.69) is 4.72 Å². The van der Waals surface area contributed by atoms with Crippen LogP contribution < -0.4 is 10.5 Å². The monoisotopic (exact) mass is 384 g/mol. The van der Waals surface area contributed by atoms with E-state index in [1.165, 1.54) is 35.5 Å². The van der Waals surface area contributed by atoms with Crippen LogP contribution in [0.1, 0.15) is 0 Å². The van der Waals surface area contributed by atoms with Crippen molar-refractivity contribution in [1.82, 2.24) is 4.57 Å². The van der Waals surface area contributed by atoms with Gasteiger partial charge in [-0.25, -0.2) is 13.2 Å². The summed E-state index contributed by atoms with van der Waals surface area (Å²) in [6.07, 6.45) is 1.85. The van der Waals surface area contributed by atoms with Crippen molar-refractivity contribution in [3.05, 3.63) is 52.0 Å². The number of fused-ring (bicyclic) bond motifs is 1. The van der Waals surface area contributed by atoms with Gasteiger partial charge in [-0.2, -0.15) is 0 Å². The second kappa shape index (κ2) is 6.19. The van der Waals surface area contributed by atoms with E-state index >= 15 is 0 Å². The Balaban J connectivity index is 2.11. The van der Waals surface area contributed by atoms with E-state index in [1.54, 1.807) is 12.1 Å². The van der Waals surface area contributed by atoms with Gasteiger partial charge in [-0.3, -0.25) is 9.29 Å². The van der Waals surface area contributed by atoms with Crippen molar-refractivity contribution in [3.63, 3.8) is 0 Å². The molecule has 126 valence electrons. The number of halogens is 1. The van der Waals surface area contributed by atoms with Crippen LogP contribution in [0.5, 0.6) is 0 Å². The number of nitrogens with zero attached hydrogens (tertiary/aromatic N) is 1. The Morgan fingerprint density at radius 1 is 1.25 bits per heavy atom. The lowest BCUT2D eigenvalue weighted by molar-refractivity contribution is 0.527. The van der Waals surface area contributed by atoms with Gasteiger partial charge in [0.05, 0.1) is 16.2 Å². The highest BCUT2D eigenvalue weighted by atomic mass is 35.5. The summed E-state index contributed by atoms with van der Waals surface area (Å²) in [5.41, 5.74) is 1.04. The molecule has 0 saturated carbocycles. The van der Waals surface area contributed by atoms with Gasteiger partial charge in [0.1, 0.15) is 4.90 Å². The van der Waals surface area contributed by atoms with Gasteiger partial charge < -0.3 is 4.42 Å². The first kappa shape index (κ1) is 16.9. The molecule has 0 unspecified atom stereocenters. The number of thioether (sulfide) groups is 1. The third-order valence-corrected chi connectivity index (χ3v) is 6.11. The molecule has 1 N–H and O–H groups in total. The molecule has 0 atom stereocenters. The van der Waals surface area contributed by atoms with E-state index in [-0.39, 0.29) is 15.5 Å². The molecule has 0 aliphatic carbocycles. The predicted molar refractivity (Wildman–Crippen MR) is 95.5 cm³/mol. The van der Waals surface area contributed by atoms with E-state index < -0.39 is 15.8 Å². The van der Waals surface area contributed by atoms with Gasteiger partial charge in [-0.05, 0) is 24.5 Å². The summed E-state index contributed by atoms with van der Waals surface area (Å²) in [5.74, 6) is -0.587. The van der Waals surface area contributed by atoms with Crippen LogP contribution >= 0.6 is 23.4 Å². The van der Waals surface area contributed by atoms with Crippen LogP contribution in [-0.4, -0.2) is 19.2 Å². The quantitative estimate of drug-likeness (QED) is 0.698. The number of benzene rings is 2. The minimum Gasteiger partial charge on any atom is -0.408 e. The number of hydrogen-bond acceptors (Lipinski definition) is 5. The molecule has 0 amide bonds. The lowest BCUT2D eigenvalue weighted by atomic mass is 10.3. The molecular weight excluding hydrogens is 372 g/mol. The Bertz CT molecular complexity index is 1090. The Labute approximate surface area is 147 Å². The molecule has 3 rings (SSSR count). The molecule has 3 aromatic rings. The third kappa shape index (κ3) is 2.92. The van der Waals surface area contributed by atoms with E-state index in [4.69, 9.17) is 16.0 Å². The second-order valence-electron chi connectivity index (χ2n) is 4.98. The minimum absolute atomic E-state index is 0.00744. The summed E-state index contributed by atoms with van der Waals surface area (Å²) in [6.45, 7) is 0. The van der Waals surface area contributed by atoms with Gasteiger partial charge in [0, 0.05) is 18.0 Å². The summed E-state index contributed by atoms with van der Waals surface area (Å²) in [5, 5.41) is 0.00744. The number of aryl methyl sites for hydroxylation is 1. The zero-order valence-corrected chi connectivity index (χ0v) is 15.1. The van der Waals surface area contributed by atoms with E-state index in [0.717, 1.165) is 4.90 Å². The fourth-order valence-corrected chi connectivity index (χ4v) is 4.50. The smallest absolute Gasteiger partial charge is 0.408 e. The Hall–Kier alpha value is -1.90. The average molecular weight is 385 g/mol. The van der Waals surface area contributed by atoms with Crippen LogP contribution in [0.15, 0.2) is 55.4 Å². The largest absolute Gasteiger partial charge is 0.419 e. The van der Waals surface area contributed by atoms with Crippen molar-refractivity contribution in [1.29, 1.82) is 0 Å². The molecule has 0 bridgehead atoms. The number of oxazole rings is 1. The van der Waals surface area contributed by atoms with Crippen LogP contribution in [0.3, 0.4) is 0 Å². The zero-order valence-electron chi connectivity index (χ0n) is 12.7.